The maximum absolute atomic E-state index is 5.94. The van der Waals surface area contributed by atoms with Gasteiger partial charge in [-0.25, -0.2) is 4.98 Å². The highest BCUT2D eigenvalue weighted by Gasteiger charge is 2.12. The van der Waals surface area contributed by atoms with E-state index in [-0.39, 0.29) is 0 Å². The summed E-state index contributed by atoms with van der Waals surface area (Å²) in [7, 11) is 0. The Hall–Kier alpha value is -2.43. The highest BCUT2D eigenvalue weighted by molar-refractivity contribution is 5.89. The van der Waals surface area contributed by atoms with Gasteiger partial charge in [0.1, 0.15) is 11.3 Å². The van der Waals surface area contributed by atoms with Gasteiger partial charge in [0.15, 0.2) is 0 Å². The standard InChI is InChI=1S/C14H15N5/c1-3-11-9(7-8(2)18-19-11)14-16-12-6-4-5-10(15)13(12)17-14/h4-7H,3,15H2,1-2H3,(H,16,17). The first-order valence-electron chi connectivity index (χ1n) is 6.27. The molecule has 3 aromatic rings. The Kier molecular flexibility index (Phi) is 2.67. The number of aryl methyl sites for hydroxylation is 2. The second kappa shape index (κ2) is 4.35. The number of benzene rings is 1. The monoisotopic (exact) mass is 253 g/mol. The number of rotatable bonds is 2. The largest absolute Gasteiger partial charge is 0.397 e. The quantitative estimate of drug-likeness (QED) is 0.687. The van der Waals surface area contributed by atoms with Gasteiger partial charge >= 0.3 is 0 Å². The van der Waals surface area contributed by atoms with Gasteiger partial charge in [0, 0.05) is 5.56 Å². The Morgan fingerprint density at radius 2 is 2.11 bits per heavy atom. The molecule has 1 aromatic carbocycles. The first-order chi connectivity index (χ1) is 9.19. The zero-order valence-electron chi connectivity index (χ0n) is 10.9. The smallest absolute Gasteiger partial charge is 0.140 e. The van der Waals surface area contributed by atoms with Crippen molar-refractivity contribution in [1.29, 1.82) is 0 Å². The number of nitrogens with zero attached hydrogens (tertiary/aromatic N) is 3. The summed E-state index contributed by atoms with van der Waals surface area (Å²) in [5.41, 5.74) is 11.2. The average molecular weight is 253 g/mol. The lowest BCUT2D eigenvalue weighted by molar-refractivity contribution is 0.893. The van der Waals surface area contributed by atoms with Gasteiger partial charge in [0.25, 0.3) is 0 Å². The van der Waals surface area contributed by atoms with E-state index in [4.69, 9.17) is 5.73 Å². The maximum atomic E-state index is 5.94. The lowest BCUT2D eigenvalue weighted by atomic mass is 10.1. The van der Waals surface area contributed by atoms with Crippen molar-refractivity contribution < 1.29 is 0 Å². The van der Waals surface area contributed by atoms with Gasteiger partial charge in [-0.2, -0.15) is 10.2 Å². The van der Waals surface area contributed by atoms with Crippen LogP contribution in [0.5, 0.6) is 0 Å². The van der Waals surface area contributed by atoms with Crippen LogP contribution in [0.4, 0.5) is 5.69 Å². The molecule has 0 saturated carbocycles. The molecular formula is C14H15N5. The molecule has 0 amide bonds. The fourth-order valence-corrected chi connectivity index (χ4v) is 2.16. The van der Waals surface area contributed by atoms with Gasteiger partial charge in [-0.05, 0) is 31.5 Å². The van der Waals surface area contributed by atoms with Crippen molar-refractivity contribution in [3.05, 3.63) is 35.7 Å². The normalized spacial score (nSPS) is 11.1. The van der Waals surface area contributed by atoms with Crippen LogP contribution in [0, 0.1) is 6.92 Å². The van der Waals surface area contributed by atoms with E-state index in [9.17, 15) is 0 Å². The molecule has 2 heterocycles. The SMILES string of the molecule is CCc1nnc(C)cc1-c1nc2c(N)cccc2[nH]1. The summed E-state index contributed by atoms with van der Waals surface area (Å²) in [5.74, 6) is 0.794. The van der Waals surface area contributed by atoms with E-state index in [0.29, 0.717) is 5.69 Å². The molecule has 0 unspecified atom stereocenters. The molecule has 96 valence electrons. The van der Waals surface area contributed by atoms with Crippen molar-refractivity contribution in [1.82, 2.24) is 20.2 Å². The van der Waals surface area contributed by atoms with E-state index in [1.807, 2.05) is 31.2 Å². The molecule has 0 bridgehead atoms. The van der Waals surface area contributed by atoms with Crippen molar-refractivity contribution >= 4 is 16.7 Å². The summed E-state index contributed by atoms with van der Waals surface area (Å²) in [6.45, 7) is 3.98. The number of nitrogens with two attached hydrogens (primary N) is 1. The summed E-state index contributed by atoms with van der Waals surface area (Å²) in [6, 6.07) is 7.73. The first-order valence-corrected chi connectivity index (χ1v) is 6.27. The third kappa shape index (κ3) is 1.93. The molecule has 5 heteroatoms. The molecule has 3 rings (SSSR count). The van der Waals surface area contributed by atoms with Crippen molar-refractivity contribution in [3.63, 3.8) is 0 Å². The second-order valence-corrected chi connectivity index (χ2v) is 4.53. The molecule has 0 aliphatic rings. The minimum atomic E-state index is 0.678. The lowest BCUT2D eigenvalue weighted by Crippen LogP contribution is -1.98. The van der Waals surface area contributed by atoms with Gasteiger partial charge in [-0.3, -0.25) is 0 Å². The number of fused-ring (bicyclic) bond motifs is 1. The second-order valence-electron chi connectivity index (χ2n) is 4.53. The predicted molar refractivity (Wildman–Crippen MR) is 75.6 cm³/mol. The number of aromatic amines is 1. The number of imidazole rings is 1. The van der Waals surface area contributed by atoms with Crippen LogP contribution in [0.1, 0.15) is 18.3 Å². The van der Waals surface area contributed by atoms with Crippen LogP contribution in [-0.2, 0) is 6.42 Å². The van der Waals surface area contributed by atoms with Crippen LogP contribution in [-0.4, -0.2) is 20.2 Å². The summed E-state index contributed by atoms with van der Waals surface area (Å²) >= 11 is 0. The van der Waals surface area contributed by atoms with E-state index in [1.165, 1.54) is 0 Å². The van der Waals surface area contributed by atoms with Gasteiger partial charge in [-0.1, -0.05) is 13.0 Å². The zero-order chi connectivity index (χ0) is 13.4. The van der Waals surface area contributed by atoms with E-state index < -0.39 is 0 Å². The number of hydrogen-bond acceptors (Lipinski definition) is 4. The van der Waals surface area contributed by atoms with E-state index >= 15 is 0 Å². The van der Waals surface area contributed by atoms with Crippen LogP contribution in [0.2, 0.25) is 0 Å². The number of aromatic nitrogens is 4. The minimum Gasteiger partial charge on any atom is -0.397 e. The van der Waals surface area contributed by atoms with E-state index in [0.717, 1.165) is 40.2 Å². The van der Waals surface area contributed by atoms with Crippen molar-refractivity contribution in [2.24, 2.45) is 0 Å². The summed E-state index contributed by atoms with van der Waals surface area (Å²) < 4.78 is 0. The van der Waals surface area contributed by atoms with Gasteiger partial charge < -0.3 is 10.7 Å². The van der Waals surface area contributed by atoms with Crippen LogP contribution in [0.15, 0.2) is 24.3 Å². The van der Waals surface area contributed by atoms with Crippen LogP contribution >= 0.6 is 0 Å². The Labute approximate surface area is 110 Å². The van der Waals surface area contributed by atoms with Crippen LogP contribution in [0.25, 0.3) is 22.4 Å². The Morgan fingerprint density at radius 3 is 2.84 bits per heavy atom. The molecule has 0 spiro atoms. The third-order valence-electron chi connectivity index (χ3n) is 3.13. The average Bonchev–Trinajstić information content (AvgIpc) is 2.84. The van der Waals surface area contributed by atoms with Crippen molar-refractivity contribution in [2.45, 2.75) is 20.3 Å². The van der Waals surface area contributed by atoms with Crippen molar-refractivity contribution in [2.75, 3.05) is 5.73 Å². The highest BCUT2D eigenvalue weighted by atomic mass is 15.1. The number of nitrogen functional groups attached to an aromatic ring is 1. The summed E-state index contributed by atoms with van der Waals surface area (Å²) in [5, 5.41) is 8.32. The van der Waals surface area contributed by atoms with Crippen LogP contribution in [0.3, 0.4) is 0 Å². The van der Waals surface area contributed by atoms with E-state index in [1.54, 1.807) is 0 Å². The number of anilines is 1. The predicted octanol–water partition coefficient (Wildman–Crippen LogP) is 2.47. The number of hydrogen-bond donors (Lipinski definition) is 2. The minimum absolute atomic E-state index is 0.678. The van der Waals surface area contributed by atoms with E-state index in [2.05, 4.69) is 27.1 Å². The van der Waals surface area contributed by atoms with Gasteiger partial charge in [-0.15, -0.1) is 0 Å². The molecule has 2 aromatic heterocycles. The molecule has 0 fully saturated rings. The third-order valence-corrected chi connectivity index (χ3v) is 3.13. The van der Waals surface area contributed by atoms with Crippen molar-refractivity contribution in [3.8, 4) is 11.4 Å². The molecular weight excluding hydrogens is 238 g/mol. The molecule has 5 nitrogen and oxygen atoms in total. The zero-order valence-corrected chi connectivity index (χ0v) is 10.9. The molecule has 0 aliphatic heterocycles. The molecule has 0 radical (unpaired) electrons. The number of nitrogens with one attached hydrogen (secondary N) is 1. The first kappa shape index (κ1) is 11.6. The molecule has 3 N–H and O–H groups in total. The van der Waals surface area contributed by atoms with Crippen LogP contribution < -0.4 is 5.73 Å². The Bertz CT molecular complexity index is 745. The Balaban J connectivity index is 2.24. The molecule has 0 atom stereocenters. The lowest BCUT2D eigenvalue weighted by Gasteiger charge is -2.03. The fourth-order valence-electron chi connectivity index (χ4n) is 2.16. The van der Waals surface area contributed by atoms with Gasteiger partial charge in [0.05, 0.1) is 22.6 Å². The molecule has 0 aliphatic carbocycles. The molecule has 19 heavy (non-hydrogen) atoms. The Morgan fingerprint density at radius 1 is 1.26 bits per heavy atom. The van der Waals surface area contributed by atoms with Gasteiger partial charge in [0.2, 0.25) is 0 Å². The maximum Gasteiger partial charge on any atom is 0.140 e. The number of H-pyrrole nitrogens is 1. The molecule has 0 saturated heterocycles. The summed E-state index contributed by atoms with van der Waals surface area (Å²) in [6.07, 6.45) is 0.815. The fraction of sp³-hybridized carbons (Fsp3) is 0.214. The topological polar surface area (TPSA) is 80.5 Å². The number of para-hydroxylation sites is 1. The summed E-state index contributed by atoms with van der Waals surface area (Å²) in [4.78, 5) is 7.88. The highest BCUT2D eigenvalue weighted by Crippen LogP contribution is 2.25.